The fourth-order valence-electron chi connectivity index (χ4n) is 2.35. The van der Waals surface area contributed by atoms with Gasteiger partial charge in [0.1, 0.15) is 0 Å². The lowest BCUT2D eigenvalue weighted by Crippen LogP contribution is -2.33. The van der Waals surface area contributed by atoms with E-state index in [0.29, 0.717) is 32.1 Å². The number of carboxylic acids is 1. The summed E-state index contributed by atoms with van der Waals surface area (Å²) in [4.78, 5) is 21.9. The number of carboxylic acid groups (broad SMARTS) is 1. The highest BCUT2D eigenvalue weighted by Crippen LogP contribution is 2.07. The fraction of sp³-hybridized carbons (Fsp3) is 0.867. The zero-order valence-corrected chi connectivity index (χ0v) is 12.7. The Morgan fingerprint density at radius 1 is 1.10 bits per heavy atom. The molecule has 122 valence electrons. The first kappa shape index (κ1) is 17.9. The first-order valence-corrected chi connectivity index (χ1v) is 7.99. The lowest BCUT2D eigenvalue weighted by molar-refractivity contribution is -0.137. The van der Waals surface area contributed by atoms with E-state index in [-0.39, 0.29) is 12.3 Å². The number of ether oxygens (including phenoxy) is 1. The van der Waals surface area contributed by atoms with Crippen LogP contribution in [0, 0.1) is 0 Å². The Kier molecular flexibility index (Phi) is 9.82. The normalized spacial score (nSPS) is 15.8. The van der Waals surface area contributed by atoms with Gasteiger partial charge in [0, 0.05) is 19.4 Å². The molecule has 0 aliphatic carbocycles. The topological polar surface area (TPSA) is 87.7 Å². The second-order valence-electron chi connectivity index (χ2n) is 5.48. The number of carbonyl (C=O) groups is 2. The third-order valence-electron chi connectivity index (χ3n) is 3.61. The van der Waals surface area contributed by atoms with Crippen LogP contribution in [-0.2, 0) is 14.3 Å². The summed E-state index contributed by atoms with van der Waals surface area (Å²) in [7, 11) is 0. The molecule has 1 amide bonds. The molecule has 0 bridgehead atoms. The van der Waals surface area contributed by atoms with Crippen LogP contribution in [0.15, 0.2) is 0 Å². The molecule has 0 saturated carbocycles. The quantitative estimate of drug-likeness (QED) is 0.501. The highest BCUT2D eigenvalue weighted by molar-refractivity contribution is 5.75. The molecule has 3 N–H and O–H groups in total. The summed E-state index contributed by atoms with van der Waals surface area (Å²) in [6.07, 6.45) is 6.49. The van der Waals surface area contributed by atoms with Crippen LogP contribution in [0.2, 0.25) is 0 Å². The monoisotopic (exact) mass is 300 g/mol. The Balaban J connectivity index is 1.86. The number of nitrogens with one attached hydrogen (secondary N) is 2. The predicted molar refractivity (Wildman–Crippen MR) is 80.2 cm³/mol. The molecule has 1 aliphatic rings. The van der Waals surface area contributed by atoms with Gasteiger partial charge in [-0.25, -0.2) is 0 Å². The molecular weight excluding hydrogens is 272 g/mol. The largest absolute Gasteiger partial charge is 0.481 e. The molecule has 1 fully saturated rings. The lowest BCUT2D eigenvalue weighted by atomic mass is 10.1. The maximum atomic E-state index is 11.6. The predicted octanol–water partition coefficient (Wildman–Crippen LogP) is 1.30. The standard InChI is InChI=1S/C15H28N2O4/c18-14(8-12-21-13-6-10-16-11-7-13)17-9-4-2-1-3-5-15(19)20/h13,16H,1-12H2,(H,17,18)(H,19,20). The maximum Gasteiger partial charge on any atom is 0.303 e. The van der Waals surface area contributed by atoms with Gasteiger partial charge in [0.25, 0.3) is 0 Å². The van der Waals surface area contributed by atoms with E-state index in [1.54, 1.807) is 0 Å². The number of amides is 1. The van der Waals surface area contributed by atoms with E-state index in [4.69, 9.17) is 9.84 Å². The number of carbonyl (C=O) groups excluding carboxylic acids is 1. The summed E-state index contributed by atoms with van der Waals surface area (Å²) in [6.45, 7) is 3.16. The van der Waals surface area contributed by atoms with Crippen LogP contribution in [-0.4, -0.2) is 49.3 Å². The van der Waals surface area contributed by atoms with Gasteiger partial charge in [-0.3, -0.25) is 9.59 Å². The zero-order valence-electron chi connectivity index (χ0n) is 12.7. The van der Waals surface area contributed by atoms with Crippen molar-refractivity contribution < 1.29 is 19.4 Å². The van der Waals surface area contributed by atoms with Crippen LogP contribution in [0.5, 0.6) is 0 Å². The summed E-state index contributed by atoms with van der Waals surface area (Å²) in [5, 5.41) is 14.6. The number of hydrogen-bond acceptors (Lipinski definition) is 4. The smallest absolute Gasteiger partial charge is 0.303 e. The first-order chi connectivity index (χ1) is 10.2. The molecule has 1 heterocycles. The van der Waals surface area contributed by atoms with E-state index in [9.17, 15) is 9.59 Å². The van der Waals surface area contributed by atoms with Crippen LogP contribution < -0.4 is 10.6 Å². The van der Waals surface area contributed by atoms with Gasteiger partial charge in [0.05, 0.1) is 12.7 Å². The summed E-state index contributed by atoms with van der Waals surface area (Å²) in [5.41, 5.74) is 0. The molecule has 0 aromatic heterocycles. The minimum atomic E-state index is -0.739. The van der Waals surface area contributed by atoms with Gasteiger partial charge < -0.3 is 20.5 Å². The van der Waals surface area contributed by atoms with Gasteiger partial charge in [0.2, 0.25) is 5.91 Å². The van der Waals surface area contributed by atoms with E-state index < -0.39 is 5.97 Å². The summed E-state index contributed by atoms with van der Waals surface area (Å²) < 4.78 is 5.68. The number of aliphatic carboxylic acids is 1. The third kappa shape index (κ3) is 10.3. The highest BCUT2D eigenvalue weighted by Gasteiger charge is 2.13. The van der Waals surface area contributed by atoms with E-state index in [1.807, 2.05) is 0 Å². The molecule has 0 unspecified atom stereocenters. The number of piperidine rings is 1. The fourth-order valence-corrected chi connectivity index (χ4v) is 2.35. The van der Waals surface area contributed by atoms with E-state index >= 15 is 0 Å². The van der Waals surface area contributed by atoms with Crippen molar-refractivity contribution in [3.8, 4) is 0 Å². The molecule has 21 heavy (non-hydrogen) atoms. The van der Waals surface area contributed by atoms with Gasteiger partial charge in [-0.1, -0.05) is 12.8 Å². The van der Waals surface area contributed by atoms with E-state index in [1.165, 1.54) is 0 Å². The number of rotatable bonds is 11. The molecular formula is C15H28N2O4. The summed E-state index contributed by atoms with van der Waals surface area (Å²) in [5.74, 6) is -0.702. The van der Waals surface area contributed by atoms with Crippen LogP contribution >= 0.6 is 0 Å². The second kappa shape index (κ2) is 11.5. The van der Waals surface area contributed by atoms with Crippen LogP contribution in [0.4, 0.5) is 0 Å². The molecule has 0 spiro atoms. The lowest BCUT2D eigenvalue weighted by Gasteiger charge is -2.22. The van der Waals surface area contributed by atoms with Crippen molar-refractivity contribution in [2.45, 2.75) is 57.5 Å². The van der Waals surface area contributed by atoms with Gasteiger partial charge in [0.15, 0.2) is 0 Å². The van der Waals surface area contributed by atoms with E-state index in [0.717, 1.165) is 45.2 Å². The van der Waals surface area contributed by atoms with Crippen molar-refractivity contribution in [3.63, 3.8) is 0 Å². The van der Waals surface area contributed by atoms with Crippen molar-refractivity contribution >= 4 is 11.9 Å². The second-order valence-corrected chi connectivity index (χ2v) is 5.48. The Morgan fingerprint density at radius 3 is 2.52 bits per heavy atom. The van der Waals surface area contributed by atoms with Gasteiger partial charge >= 0.3 is 5.97 Å². The van der Waals surface area contributed by atoms with Crippen LogP contribution in [0.1, 0.15) is 51.4 Å². The minimum Gasteiger partial charge on any atom is -0.481 e. The average Bonchev–Trinajstić information content (AvgIpc) is 2.47. The molecule has 6 heteroatoms. The molecule has 1 aliphatic heterocycles. The summed E-state index contributed by atoms with van der Waals surface area (Å²) in [6, 6.07) is 0. The molecule has 0 aromatic carbocycles. The SMILES string of the molecule is O=C(O)CCCCCCNC(=O)CCOC1CCNCC1. The van der Waals surface area contributed by atoms with Crippen molar-refractivity contribution in [2.24, 2.45) is 0 Å². The third-order valence-corrected chi connectivity index (χ3v) is 3.61. The Labute approximate surface area is 126 Å². The first-order valence-electron chi connectivity index (χ1n) is 7.99. The maximum absolute atomic E-state index is 11.6. The zero-order chi connectivity index (χ0) is 15.3. The Bertz CT molecular complexity index is 304. The number of hydrogen-bond donors (Lipinski definition) is 3. The number of unbranched alkanes of at least 4 members (excludes halogenated alkanes) is 3. The van der Waals surface area contributed by atoms with Crippen molar-refractivity contribution in [1.82, 2.24) is 10.6 Å². The van der Waals surface area contributed by atoms with Crippen LogP contribution in [0.25, 0.3) is 0 Å². The van der Waals surface area contributed by atoms with Crippen molar-refractivity contribution in [2.75, 3.05) is 26.2 Å². The Morgan fingerprint density at radius 2 is 1.81 bits per heavy atom. The average molecular weight is 300 g/mol. The minimum absolute atomic E-state index is 0.0365. The van der Waals surface area contributed by atoms with E-state index in [2.05, 4.69) is 10.6 Å². The van der Waals surface area contributed by atoms with Gasteiger partial charge in [-0.2, -0.15) is 0 Å². The van der Waals surface area contributed by atoms with Gasteiger partial charge in [-0.15, -0.1) is 0 Å². The molecule has 1 saturated heterocycles. The molecule has 1 rings (SSSR count). The van der Waals surface area contributed by atoms with Gasteiger partial charge in [-0.05, 0) is 38.8 Å². The molecule has 0 aromatic rings. The molecule has 6 nitrogen and oxygen atoms in total. The van der Waals surface area contributed by atoms with Crippen LogP contribution in [0.3, 0.4) is 0 Å². The van der Waals surface area contributed by atoms with Crippen molar-refractivity contribution in [1.29, 1.82) is 0 Å². The Hall–Kier alpha value is -1.14. The van der Waals surface area contributed by atoms with Crippen molar-refractivity contribution in [3.05, 3.63) is 0 Å². The highest BCUT2D eigenvalue weighted by atomic mass is 16.5. The molecule has 0 radical (unpaired) electrons. The summed E-state index contributed by atoms with van der Waals surface area (Å²) >= 11 is 0. The molecule has 0 atom stereocenters.